The summed E-state index contributed by atoms with van der Waals surface area (Å²) in [6.07, 6.45) is 5.86. The van der Waals surface area contributed by atoms with Gasteiger partial charge in [-0.3, -0.25) is 4.99 Å². The molecule has 0 amide bonds. The maximum absolute atomic E-state index is 5.82. The monoisotopic (exact) mass is 380 g/mol. The number of hydrogen-bond acceptors (Lipinski definition) is 3. The molecule has 1 saturated carbocycles. The molecule has 3 N–H and O–H groups in total. The first kappa shape index (κ1) is 15.7. The highest BCUT2D eigenvalue weighted by atomic mass is 127. The van der Waals surface area contributed by atoms with Crippen molar-refractivity contribution in [3.63, 3.8) is 0 Å². The van der Waals surface area contributed by atoms with Crippen molar-refractivity contribution in [1.82, 2.24) is 10.3 Å². The fourth-order valence-electron chi connectivity index (χ4n) is 1.79. The van der Waals surface area contributed by atoms with Crippen molar-refractivity contribution in [1.29, 1.82) is 0 Å². The molecule has 2 rings (SSSR count). The number of thiazole rings is 1. The second kappa shape index (κ2) is 7.93. The van der Waals surface area contributed by atoms with Crippen molar-refractivity contribution >= 4 is 41.3 Å². The molecular weight excluding hydrogens is 359 g/mol. The molecule has 1 fully saturated rings. The van der Waals surface area contributed by atoms with E-state index in [0.29, 0.717) is 18.4 Å². The van der Waals surface area contributed by atoms with E-state index in [9.17, 15) is 0 Å². The van der Waals surface area contributed by atoms with E-state index >= 15 is 0 Å². The van der Waals surface area contributed by atoms with Gasteiger partial charge in [0.15, 0.2) is 5.96 Å². The van der Waals surface area contributed by atoms with E-state index in [4.69, 9.17) is 5.73 Å². The van der Waals surface area contributed by atoms with Crippen molar-refractivity contribution in [2.24, 2.45) is 16.6 Å². The summed E-state index contributed by atoms with van der Waals surface area (Å²) in [5.41, 5.74) is 5.82. The van der Waals surface area contributed by atoms with Gasteiger partial charge in [0, 0.05) is 24.0 Å². The van der Waals surface area contributed by atoms with Crippen LogP contribution in [0.3, 0.4) is 0 Å². The van der Waals surface area contributed by atoms with Crippen molar-refractivity contribution in [3.05, 3.63) is 16.6 Å². The van der Waals surface area contributed by atoms with E-state index in [-0.39, 0.29) is 24.0 Å². The Labute approximate surface area is 129 Å². The molecule has 0 saturated heterocycles. The molecule has 1 aromatic heterocycles. The molecule has 1 unspecified atom stereocenters. The summed E-state index contributed by atoms with van der Waals surface area (Å²) in [4.78, 5) is 8.64. The van der Waals surface area contributed by atoms with Crippen LogP contribution >= 0.6 is 35.3 Å². The molecule has 1 aliphatic rings. The Hall–Kier alpha value is -0.370. The van der Waals surface area contributed by atoms with Crippen LogP contribution in [0.5, 0.6) is 0 Å². The van der Waals surface area contributed by atoms with Crippen molar-refractivity contribution in [3.8, 4) is 0 Å². The lowest BCUT2D eigenvalue weighted by Crippen LogP contribution is -2.37. The van der Waals surface area contributed by atoms with Gasteiger partial charge in [-0.15, -0.1) is 35.3 Å². The zero-order chi connectivity index (χ0) is 12.1. The van der Waals surface area contributed by atoms with Gasteiger partial charge in [0.25, 0.3) is 0 Å². The van der Waals surface area contributed by atoms with Crippen LogP contribution in [0, 0.1) is 5.92 Å². The molecule has 1 aliphatic carbocycles. The minimum absolute atomic E-state index is 0. The van der Waals surface area contributed by atoms with E-state index in [1.54, 1.807) is 11.3 Å². The minimum Gasteiger partial charge on any atom is -0.370 e. The van der Waals surface area contributed by atoms with Gasteiger partial charge in [0.1, 0.15) is 0 Å². The van der Waals surface area contributed by atoms with E-state index in [2.05, 4.69) is 22.2 Å². The quantitative estimate of drug-likeness (QED) is 0.469. The normalized spacial score (nSPS) is 17.7. The molecule has 0 aromatic carbocycles. The predicted molar refractivity (Wildman–Crippen MR) is 87.8 cm³/mol. The van der Waals surface area contributed by atoms with Gasteiger partial charge >= 0.3 is 0 Å². The van der Waals surface area contributed by atoms with Gasteiger partial charge in [-0.05, 0) is 18.8 Å². The Kier molecular flexibility index (Phi) is 6.91. The molecule has 1 heterocycles. The third-order valence-corrected chi connectivity index (χ3v) is 4.21. The van der Waals surface area contributed by atoms with Crippen LogP contribution in [-0.4, -0.2) is 24.0 Å². The number of nitrogens with one attached hydrogen (secondary N) is 1. The van der Waals surface area contributed by atoms with Crippen molar-refractivity contribution < 1.29 is 0 Å². The lowest BCUT2D eigenvalue weighted by atomic mass is 9.85. The summed E-state index contributed by atoms with van der Waals surface area (Å²) in [6, 6.07) is 0. The zero-order valence-electron chi connectivity index (χ0n) is 10.6. The maximum atomic E-state index is 5.82. The Bertz CT molecular complexity index is 362. The first-order valence-corrected chi connectivity index (χ1v) is 7.07. The third-order valence-electron chi connectivity index (χ3n) is 3.21. The summed E-state index contributed by atoms with van der Waals surface area (Å²) >= 11 is 1.67. The van der Waals surface area contributed by atoms with Crippen LogP contribution in [-0.2, 0) is 0 Å². The van der Waals surface area contributed by atoms with Gasteiger partial charge in [0.2, 0.25) is 0 Å². The topological polar surface area (TPSA) is 63.3 Å². The van der Waals surface area contributed by atoms with Crippen molar-refractivity contribution in [2.75, 3.05) is 13.1 Å². The predicted octanol–water partition coefficient (Wildman–Crippen LogP) is 2.57. The minimum atomic E-state index is 0. The first-order chi connectivity index (χ1) is 8.25. The van der Waals surface area contributed by atoms with E-state index < -0.39 is 0 Å². The molecule has 0 radical (unpaired) electrons. The van der Waals surface area contributed by atoms with Gasteiger partial charge < -0.3 is 11.1 Å². The summed E-state index contributed by atoms with van der Waals surface area (Å²) in [6.45, 7) is 3.81. The number of halogens is 1. The molecule has 102 valence electrons. The van der Waals surface area contributed by atoms with Gasteiger partial charge in [0.05, 0.1) is 11.6 Å². The lowest BCUT2D eigenvalue weighted by Gasteiger charge is -2.25. The van der Waals surface area contributed by atoms with Gasteiger partial charge in [-0.1, -0.05) is 13.3 Å². The number of guanidine groups is 1. The molecular formula is C12H21IN4S. The molecule has 18 heavy (non-hydrogen) atoms. The second-order valence-corrected chi connectivity index (χ2v) is 5.60. The Morgan fingerprint density at radius 1 is 1.67 bits per heavy atom. The maximum Gasteiger partial charge on any atom is 0.188 e. The zero-order valence-corrected chi connectivity index (χ0v) is 13.8. The van der Waals surface area contributed by atoms with Crippen LogP contribution in [0.4, 0.5) is 0 Å². The highest BCUT2D eigenvalue weighted by Crippen LogP contribution is 2.25. The van der Waals surface area contributed by atoms with Crippen LogP contribution in [0.2, 0.25) is 0 Å². The summed E-state index contributed by atoms with van der Waals surface area (Å²) in [7, 11) is 0. The Morgan fingerprint density at radius 2 is 2.44 bits per heavy atom. The summed E-state index contributed by atoms with van der Waals surface area (Å²) in [5.74, 6) is 1.72. The molecule has 6 heteroatoms. The average Bonchev–Trinajstić information content (AvgIpc) is 2.77. The lowest BCUT2D eigenvalue weighted by molar-refractivity contribution is 0.315. The van der Waals surface area contributed by atoms with Crippen LogP contribution in [0.25, 0.3) is 0 Å². The number of hydrogen-bond donors (Lipinski definition) is 2. The molecule has 4 nitrogen and oxygen atoms in total. The smallest absolute Gasteiger partial charge is 0.188 e. The van der Waals surface area contributed by atoms with Crippen molar-refractivity contribution in [2.45, 2.75) is 32.1 Å². The average molecular weight is 380 g/mol. The molecule has 1 aromatic rings. The summed E-state index contributed by atoms with van der Waals surface area (Å²) in [5, 5.41) is 6.32. The number of nitrogens with two attached hydrogens (primary N) is 1. The highest BCUT2D eigenvalue weighted by molar-refractivity contribution is 14.0. The van der Waals surface area contributed by atoms with E-state index in [1.165, 1.54) is 19.3 Å². The number of aliphatic imine (C=N–C) groups is 1. The largest absolute Gasteiger partial charge is 0.370 e. The number of aromatic nitrogens is 1. The highest BCUT2D eigenvalue weighted by Gasteiger charge is 2.16. The molecule has 1 atom stereocenters. The number of rotatable bonds is 5. The Balaban J connectivity index is 0.00000162. The molecule has 0 spiro atoms. The SMILES string of the molecule is CC(CN=C(N)NCC1CCC1)c1nccs1.I. The van der Waals surface area contributed by atoms with Crippen LogP contribution in [0.1, 0.15) is 37.1 Å². The van der Waals surface area contributed by atoms with Crippen LogP contribution in [0.15, 0.2) is 16.6 Å². The number of nitrogens with zero attached hydrogens (tertiary/aromatic N) is 2. The van der Waals surface area contributed by atoms with E-state index in [0.717, 1.165) is 17.5 Å². The standard InChI is InChI=1S/C12H20N4S.HI/c1-9(11-14-5-6-17-11)7-15-12(13)16-8-10-3-2-4-10;/h5-6,9-10H,2-4,7-8H2,1H3,(H3,13,15,16);1H. The first-order valence-electron chi connectivity index (χ1n) is 6.19. The molecule has 0 aliphatic heterocycles. The van der Waals surface area contributed by atoms with E-state index in [1.807, 2.05) is 11.6 Å². The van der Waals surface area contributed by atoms with Gasteiger partial charge in [-0.2, -0.15) is 0 Å². The van der Waals surface area contributed by atoms with Crippen LogP contribution < -0.4 is 11.1 Å². The third kappa shape index (κ3) is 4.72. The fourth-order valence-corrected chi connectivity index (χ4v) is 2.48. The Morgan fingerprint density at radius 3 is 3.00 bits per heavy atom. The molecule has 0 bridgehead atoms. The second-order valence-electron chi connectivity index (χ2n) is 4.68. The summed E-state index contributed by atoms with van der Waals surface area (Å²) < 4.78 is 0. The fraction of sp³-hybridized carbons (Fsp3) is 0.667. The van der Waals surface area contributed by atoms with Gasteiger partial charge in [-0.25, -0.2) is 4.98 Å².